The molecule has 0 fully saturated rings. The second kappa shape index (κ2) is 4.86. The van der Waals surface area contributed by atoms with Gasteiger partial charge in [-0.2, -0.15) is 13.2 Å². The minimum Gasteiger partial charge on any atom is -0.396 e. The number of hydrogen-bond acceptors (Lipinski definition) is 1. The number of halogens is 4. The second-order valence-corrected chi connectivity index (χ2v) is 5.28. The van der Waals surface area contributed by atoms with E-state index in [-0.39, 0.29) is 11.6 Å². The predicted molar refractivity (Wildman–Crippen MR) is 61.0 cm³/mol. The molecule has 0 spiro atoms. The number of aliphatic hydroxyl groups excluding tert-OH is 1. The van der Waals surface area contributed by atoms with Gasteiger partial charge in [0, 0.05) is 11.6 Å². The lowest BCUT2D eigenvalue weighted by Crippen LogP contribution is -2.20. The highest BCUT2D eigenvalue weighted by atomic mass is 35.5. The van der Waals surface area contributed by atoms with Gasteiger partial charge < -0.3 is 5.11 Å². The average Bonchev–Trinajstić information content (AvgIpc) is 2.14. The van der Waals surface area contributed by atoms with E-state index in [4.69, 9.17) is 16.7 Å². The largest absolute Gasteiger partial charge is 0.416 e. The van der Waals surface area contributed by atoms with Gasteiger partial charge in [-0.05, 0) is 35.6 Å². The van der Waals surface area contributed by atoms with Crippen LogP contribution in [0.5, 0.6) is 0 Å². The lowest BCUT2D eigenvalue weighted by molar-refractivity contribution is -0.137. The number of rotatable bonds is 3. The van der Waals surface area contributed by atoms with Gasteiger partial charge >= 0.3 is 6.18 Å². The number of aliphatic hydroxyl groups is 1. The fraction of sp³-hybridized carbons (Fsp3) is 0.500. The van der Waals surface area contributed by atoms with Crippen molar-refractivity contribution in [3.8, 4) is 0 Å². The topological polar surface area (TPSA) is 20.2 Å². The van der Waals surface area contributed by atoms with Gasteiger partial charge in [-0.15, -0.1) is 0 Å². The van der Waals surface area contributed by atoms with Crippen LogP contribution >= 0.6 is 11.6 Å². The SMILES string of the molecule is CC(C)(CO)Cc1cc(Cl)cc(C(F)(F)F)c1. The Balaban J connectivity index is 3.06. The number of hydrogen-bond donors (Lipinski definition) is 1. The average molecular weight is 267 g/mol. The Morgan fingerprint density at radius 3 is 2.24 bits per heavy atom. The smallest absolute Gasteiger partial charge is 0.396 e. The van der Waals surface area contributed by atoms with Crippen molar-refractivity contribution >= 4 is 11.6 Å². The zero-order valence-electron chi connectivity index (χ0n) is 9.61. The minimum atomic E-state index is -4.40. The third-order valence-corrected chi connectivity index (χ3v) is 2.61. The molecule has 0 unspecified atom stereocenters. The number of benzene rings is 1. The molecule has 0 aliphatic carbocycles. The molecule has 1 aromatic carbocycles. The Hall–Kier alpha value is -0.740. The first-order valence-corrected chi connectivity index (χ1v) is 5.49. The maximum atomic E-state index is 12.6. The Bertz CT molecular complexity index is 399. The van der Waals surface area contributed by atoms with Crippen LogP contribution in [0.25, 0.3) is 0 Å². The molecule has 0 aliphatic rings. The highest BCUT2D eigenvalue weighted by Gasteiger charge is 2.31. The van der Waals surface area contributed by atoms with Gasteiger partial charge in [0.05, 0.1) is 5.56 Å². The van der Waals surface area contributed by atoms with Crippen molar-refractivity contribution in [2.24, 2.45) is 5.41 Å². The van der Waals surface area contributed by atoms with Crippen LogP contribution in [-0.2, 0) is 12.6 Å². The molecule has 0 heterocycles. The van der Waals surface area contributed by atoms with Crippen molar-refractivity contribution in [2.45, 2.75) is 26.4 Å². The standard InChI is InChI=1S/C12H14ClF3O/c1-11(2,7-17)6-8-3-9(12(14,15)16)5-10(13)4-8/h3-5,17H,6-7H2,1-2H3. The third kappa shape index (κ3) is 4.21. The fourth-order valence-corrected chi connectivity index (χ4v) is 1.78. The zero-order chi connectivity index (χ0) is 13.3. The summed E-state index contributed by atoms with van der Waals surface area (Å²) >= 11 is 5.67. The van der Waals surface area contributed by atoms with Crippen LogP contribution in [0.1, 0.15) is 25.0 Å². The normalized spacial score (nSPS) is 12.9. The molecule has 1 rings (SSSR count). The maximum Gasteiger partial charge on any atom is 0.416 e. The number of alkyl halides is 3. The molecule has 0 amide bonds. The van der Waals surface area contributed by atoms with E-state index in [0.717, 1.165) is 12.1 Å². The predicted octanol–water partition coefficient (Wildman–Crippen LogP) is 3.92. The molecular weight excluding hydrogens is 253 g/mol. The molecule has 0 atom stereocenters. The van der Waals surface area contributed by atoms with Gasteiger partial charge in [-0.1, -0.05) is 25.4 Å². The van der Waals surface area contributed by atoms with Crippen molar-refractivity contribution in [3.05, 3.63) is 34.3 Å². The van der Waals surface area contributed by atoms with E-state index in [1.54, 1.807) is 13.8 Å². The van der Waals surface area contributed by atoms with Crippen LogP contribution in [0.15, 0.2) is 18.2 Å². The monoisotopic (exact) mass is 266 g/mol. The summed E-state index contributed by atoms with van der Waals surface area (Å²) < 4.78 is 37.7. The van der Waals surface area contributed by atoms with E-state index in [1.807, 2.05) is 0 Å². The fourth-order valence-electron chi connectivity index (χ4n) is 1.52. The minimum absolute atomic E-state index is 0.0589. The highest BCUT2D eigenvalue weighted by molar-refractivity contribution is 6.30. The molecule has 0 radical (unpaired) electrons. The van der Waals surface area contributed by atoms with Gasteiger partial charge in [0.1, 0.15) is 0 Å². The molecule has 1 aromatic rings. The molecule has 96 valence electrons. The molecule has 0 saturated carbocycles. The summed E-state index contributed by atoms with van der Waals surface area (Å²) in [5.41, 5.74) is -0.745. The van der Waals surface area contributed by atoms with E-state index in [9.17, 15) is 13.2 Å². The molecule has 0 aromatic heterocycles. The van der Waals surface area contributed by atoms with E-state index >= 15 is 0 Å². The van der Waals surface area contributed by atoms with Crippen LogP contribution in [0.2, 0.25) is 5.02 Å². The molecule has 0 aliphatic heterocycles. The summed E-state index contributed by atoms with van der Waals surface area (Å²) in [6.45, 7) is 3.46. The third-order valence-electron chi connectivity index (χ3n) is 2.40. The molecule has 1 nitrogen and oxygen atoms in total. The highest BCUT2D eigenvalue weighted by Crippen LogP contribution is 2.33. The van der Waals surface area contributed by atoms with Crippen molar-refractivity contribution in [1.29, 1.82) is 0 Å². The van der Waals surface area contributed by atoms with E-state index in [2.05, 4.69) is 0 Å². The van der Waals surface area contributed by atoms with E-state index < -0.39 is 17.2 Å². The van der Waals surface area contributed by atoms with Crippen LogP contribution in [0, 0.1) is 5.41 Å². The summed E-state index contributed by atoms with van der Waals surface area (Å²) in [7, 11) is 0. The van der Waals surface area contributed by atoms with Crippen molar-refractivity contribution in [2.75, 3.05) is 6.61 Å². The molecule has 0 saturated heterocycles. The summed E-state index contributed by atoms with van der Waals surface area (Å²) in [5.74, 6) is 0. The Morgan fingerprint density at radius 1 is 1.18 bits per heavy atom. The van der Waals surface area contributed by atoms with Gasteiger partial charge in [0.15, 0.2) is 0 Å². The summed E-state index contributed by atoms with van der Waals surface area (Å²) in [6, 6.07) is 3.47. The summed E-state index contributed by atoms with van der Waals surface area (Å²) in [5, 5.41) is 9.16. The molecule has 0 bridgehead atoms. The molecule has 17 heavy (non-hydrogen) atoms. The Morgan fingerprint density at radius 2 is 1.76 bits per heavy atom. The lowest BCUT2D eigenvalue weighted by atomic mass is 9.86. The quantitative estimate of drug-likeness (QED) is 0.879. The van der Waals surface area contributed by atoms with E-state index in [0.29, 0.717) is 12.0 Å². The molecule has 5 heteroatoms. The van der Waals surface area contributed by atoms with Crippen molar-refractivity contribution in [1.82, 2.24) is 0 Å². The first-order chi connectivity index (χ1) is 7.64. The Labute approximate surface area is 103 Å². The van der Waals surface area contributed by atoms with Crippen LogP contribution in [-0.4, -0.2) is 11.7 Å². The Kier molecular flexibility index (Phi) is 4.10. The van der Waals surface area contributed by atoms with Gasteiger partial charge in [-0.25, -0.2) is 0 Å². The second-order valence-electron chi connectivity index (χ2n) is 4.85. The summed E-state index contributed by atoms with van der Waals surface area (Å²) in [6.07, 6.45) is -4.06. The van der Waals surface area contributed by atoms with Crippen LogP contribution in [0.4, 0.5) is 13.2 Å². The van der Waals surface area contributed by atoms with Crippen LogP contribution in [0.3, 0.4) is 0 Å². The molecule has 1 N–H and O–H groups in total. The maximum absolute atomic E-state index is 12.6. The van der Waals surface area contributed by atoms with Crippen molar-refractivity contribution in [3.63, 3.8) is 0 Å². The zero-order valence-corrected chi connectivity index (χ0v) is 10.4. The van der Waals surface area contributed by atoms with Crippen molar-refractivity contribution < 1.29 is 18.3 Å². The van der Waals surface area contributed by atoms with Gasteiger partial charge in [0.25, 0.3) is 0 Å². The lowest BCUT2D eigenvalue weighted by Gasteiger charge is -2.22. The van der Waals surface area contributed by atoms with Crippen LogP contribution < -0.4 is 0 Å². The van der Waals surface area contributed by atoms with Gasteiger partial charge in [-0.3, -0.25) is 0 Å². The molecular formula is C12H14ClF3O. The first-order valence-electron chi connectivity index (χ1n) is 5.11. The van der Waals surface area contributed by atoms with E-state index in [1.165, 1.54) is 6.07 Å². The van der Waals surface area contributed by atoms with Gasteiger partial charge in [0.2, 0.25) is 0 Å². The first kappa shape index (κ1) is 14.3. The summed E-state index contributed by atoms with van der Waals surface area (Å²) in [4.78, 5) is 0.